The largest absolute Gasteiger partial charge is 0.349 e. The number of tetrazole rings is 1. The molecule has 27 heavy (non-hydrogen) atoms. The molecule has 2 aromatic heterocycles. The molecule has 0 aliphatic carbocycles. The maximum absolute atomic E-state index is 12.2. The van der Waals surface area contributed by atoms with Gasteiger partial charge < -0.3 is 5.32 Å². The van der Waals surface area contributed by atoms with Crippen molar-refractivity contribution in [2.24, 2.45) is 13.0 Å². The van der Waals surface area contributed by atoms with Gasteiger partial charge in [-0.2, -0.15) is 5.10 Å². The molecule has 0 spiro atoms. The molecule has 2 aromatic rings. The van der Waals surface area contributed by atoms with Crippen molar-refractivity contribution in [1.29, 1.82) is 0 Å². The van der Waals surface area contributed by atoms with Crippen LogP contribution in [0.1, 0.15) is 57.0 Å². The van der Waals surface area contributed by atoms with Gasteiger partial charge in [0.15, 0.2) is 5.82 Å². The number of likely N-dealkylation sites (tertiary alicyclic amines) is 1. The first kappa shape index (κ1) is 19.5. The maximum Gasteiger partial charge on any atom is 0.220 e. The highest BCUT2D eigenvalue weighted by atomic mass is 16.1. The molecule has 1 saturated heterocycles. The molecule has 3 heterocycles. The van der Waals surface area contributed by atoms with E-state index in [-0.39, 0.29) is 11.9 Å². The SMILES string of the molecule is CC1CCN(Cc2nnnn2CCCC(=O)N[C@@H](C)c2cnn(C)c2)CC1. The summed E-state index contributed by atoms with van der Waals surface area (Å²) in [6.45, 7) is 7.91. The van der Waals surface area contributed by atoms with Crippen molar-refractivity contribution in [1.82, 2.24) is 40.2 Å². The fourth-order valence-electron chi connectivity index (χ4n) is 3.38. The van der Waals surface area contributed by atoms with Crippen molar-refractivity contribution in [2.45, 2.75) is 58.7 Å². The maximum atomic E-state index is 12.2. The van der Waals surface area contributed by atoms with E-state index in [9.17, 15) is 4.79 Å². The van der Waals surface area contributed by atoms with Crippen LogP contribution < -0.4 is 5.32 Å². The molecule has 148 valence electrons. The summed E-state index contributed by atoms with van der Waals surface area (Å²) in [5, 5.41) is 19.2. The normalized spacial score (nSPS) is 17.1. The predicted molar refractivity (Wildman–Crippen MR) is 100 cm³/mol. The number of piperidine rings is 1. The standard InChI is InChI=1S/C18H30N8O/c1-14-6-9-25(10-7-14)13-17-21-22-23-26(17)8-4-5-18(27)20-15(2)16-11-19-24(3)12-16/h11-12,14-15H,4-10,13H2,1-3H3,(H,20,27)/t15-/m0/s1. The Labute approximate surface area is 160 Å². The lowest BCUT2D eigenvalue weighted by Crippen LogP contribution is -2.33. The zero-order valence-corrected chi connectivity index (χ0v) is 16.5. The molecule has 0 saturated carbocycles. The van der Waals surface area contributed by atoms with Crippen molar-refractivity contribution < 1.29 is 4.79 Å². The monoisotopic (exact) mass is 374 g/mol. The number of nitrogens with zero attached hydrogens (tertiary/aromatic N) is 7. The second-order valence-electron chi connectivity index (χ2n) is 7.62. The Hall–Kier alpha value is -2.29. The van der Waals surface area contributed by atoms with E-state index in [2.05, 4.69) is 37.8 Å². The van der Waals surface area contributed by atoms with E-state index in [0.29, 0.717) is 19.4 Å². The number of hydrogen-bond donors (Lipinski definition) is 1. The molecule has 1 fully saturated rings. The van der Waals surface area contributed by atoms with Gasteiger partial charge in [0.2, 0.25) is 5.91 Å². The van der Waals surface area contributed by atoms with E-state index in [1.54, 1.807) is 10.9 Å². The molecule has 1 amide bonds. The second kappa shape index (κ2) is 9.07. The summed E-state index contributed by atoms with van der Waals surface area (Å²) in [5.74, 6) is 1.73. The van der Waals surface area contributed by atoms with Gasteiger partial charge in [0.25, 0.3) is 0 Å². The zero-order chi connectivity index (χ0) is 19.2. The first-order valence-electron chi connectivity index (χ1n) is 9.76. The van der Waals surface area contributed by atoms with Crippen LogP contribution in [0.25, 0.3) is 0 Å². The van der Waals surface area contributed by atoms with E-state index >= 15 is 0 Å². The van der Waals surface area contributed by atoms with Gasteiger partial charge >= 0.3 is 0 Å². The van der Waals surface area contributed by atoms with Crippen LogP contribution in [0.5, 0.6) is 0 Å². The van der Waals surface area contributed by atoms with Gasteiger partial charge in [-0.25, -0.2) is 4.68 Å². The number of carbonyl (C=O) groups excluding carboxylic acids is 1. The van der Waals surface area contributed by atoms with E-state index in [4.69, 9.17) is 0 Å². The van der Waals surface area contributed by atoms with Crippen molar-refractivity contribution >= 4 is 5.91 Å². The summed E-state index contributed by atoms with van der Waals surface area (Å²) < 4.78 is 3.57. The summed E-state index contributed by atoms with van der Waals surface area (Å²) in [6, 6.07) is -0.0451. The lowest BCUT2D eigenvalue weighted by molar-refractivity contribution is -0.121. The van der Waals surface area contributed by atoms with Crippen molar-refractivity contribution in [2.75, 3.05) is 13.1 Å². The number of rotatable bonds is 8. The molecule has 1 aliphatic rings. The molecule has 9 heteroatoms. The third-order valence-corrected chi connectivity index (χ3v) is 5.22. The van der Waals surface area contributed by atoms with Gasteiger partial charge in [0, 0.05) is 31.8 Å². The summed E-state index contributed by atoms with van der Waals surface area (Å²) >= 11 is 0. The van der Waals surface area contributed by atoms with E-state index < -0.39 is 0 Å². The van der Waals surface area contributed by atoms with Gasteiger partial charge in [0.05, 0.1) is 18.8 Å². The minimum absolute atomic E-state index is 0.0333. The lowest BCUT2D eigenvalue weighted by Gasteiger charge is -2.29. The minimum Gasteiger partial charge on any atom is -0.349 e. The summed E-state index contributed by atoms with van der Waals surface area (Å²) in [6.07, 6.45) is 7.32. The summed E-state index contributed by atoms with van der Waals surface area (Å²) in [5.41, 5.74) is 1.00. The number of aryl methyl sites for hydroxylation is 2. The number of aromatic nitrogens is 6. The highest BCUT2D eigenvalue weighted by Gasteiger charge is 2.18. The van der Waals surface area contributed by atoms with Gasteiger partial charge in [0.1, 0.15) is 0 Å². The van der Waals surface area contributed by atoms with Crippen molar-refractivity contribution in [3.63, 3.8) is 0 Å². The number of nitrogens with one attached hydrogen (secondary N) is 1. The molecule has 1 atom stereocenters. The average Bonchev–Trinajstić information content (AvgIpc) is 3.26. The quantitative estimate of drug-likeness (QED) is 0.748. The zero-order valence-electron chi connectivity index (χ0n) is 16.5. The molecule has 3 rings (SSSR count). The predicted octanol–water partition coefficient (Wildman–Crippen LogP) is 1.30. The van der Waals surface area contributed by atoms with Crippen LogP contribution in [-0.4, -0.2) is 53.9 Å². The Kier molecular flexibility index (Phi) is 6.54. The van der Waals surface area contributed by atoms with Crippen LogP contribution in [0, 0.1) is 5.92 Å². The van der Waals surface area contributed by atoms with Crippen molar-refractivity contribution in [3.8, 4) is 0 Å². The fourth-order valence-corrected chi connectivity index (χ4v) is 3.38. The topological polar surface area (TPSA) is 93.8 Å². The molecule has 0 aromatic carbocycles. The van der Waals surface area contributed by atoms with Crippen LogP contribution >= 0.6 is 0 Å². The second-order valence-corrected chi connectivity index (χ2v) is 7.62. The molecule has 1 aliphatic heterocycles. The fraction of sp³-hybridized carbons (Fsp3) is 0.722. The van der Waals surface area contributed by atoms with Crippen LogP contribution in [0.2, 0.25) is 0 Å². The lowest BCUT2D eigenvalue weighted by atomic mass is 9.99. The van der Waals surface area contributed by atoms with Crippen LogP contribution in [0.3, 0.4) is 0 Å². The third-order valence-electron chi connectivity index (χ3n) is 5.22. The van der Waals surface area contributed by atoms with Gasteiger partial charge in [-0.05, 0) is 55.6 Å². The van der Waals surface area contributed by atoms with Crippen LogP contribution in [0.15, 0.2) is 12.4 Å². The van der Waals surface area contributed by atoms with Crippen LogP contribution in [0.4, 0.5) is 0 Å². The number of hydrogen-bond acceptors (Lipinski definition) is 6. The Morgan fingerprint density at radius 1 is 1.37 bits per heavy atom. The molecule has 9 nitrogen and oxygen atoms in total. The Morgan fingerprint density at radius 2 is 2.15 bits per heavy atom. The average molecular weight is 374 g/mol. The first-order chi connectivity index (χ1) is 13.0. The smallest absolute Gasteiger partial charge is 0.220 e. The highest BCUT2D eigenvalue weighted by molar-refractivity contribution is 5.76. The minimum atomic E-state index is -0.0451. The van der Waals surface area contributed by atoms with Crippen molar-refractivity contribution in [3.05, 3.63) is 23.8 Å². The number of carbonyl (C=O) groups is 1. The van der Waals surface area contributed by atoms with E-state index in [1.165, 1.54) is 12.8 Å². The van der Waals surface area contributed by atoms with Gasteiger partial charge in [-0.1, -0.05) is 6.92 Å². The Balaban J connectivity index is 1.41. The molecule has 0 bridgehead atoms. The van der Waals surface area contributed by atoms with E-state index in [0.717, 1.165) is 36.9 Å². The Bertz CT molecular complexity index is 731. The molecule has 0 radical (unpaired) electrons. The van der Waals surface area contributed by atoms with E-state index in [1.807, 2.05) is 24.9 Å². The molecular weight excluding hydrogens is 344 g/mol. The summed E-state index contributed by atoms with van der Waals surface area (Å²) in [7, 11) is 1.87. The molecule has 0 unspecified atom stereocenters. The van der Waals surface area contributed by atoms with Gasteiger partial charge in [-0.3, -0.25) is 14.4 Å². The van der Waals surface area contributed by atoms with Crippen LogP contribution in [-0.2, 0) is 24.9 Å². The number of amides is 1. The summed E-state index contributed by atoms with van der Waals surface area (Å²) in [4.78, 5) is 14.6. The molecular formula is C18H30N8O. The third kappa shape index (κ3) is 5.59. The Morgan fingerprint density at radius 3 is 2.85 bits per heavy atom. The first-order valence-corrected chi connectivity index (χ1v) is 9.76. The molecule has 1 N–H and O–H groups in total. The van der Waals surface area contributed by atoms with Gasteiger partial charge in [-0.15, -0.1) is 5.10 Å². The highest BCUT2D eigenvalue weighted by Crippen LogP contribution is 2.17.